The molecular formula is C23H23N5O6. The molecule has 1 fully saturated rings. The number of fused-ring (bicyclic) bond motifs is 1. The molecule has 0 radical (unpaired) electrons. The first-order valence-electron chi connectivity index (χ1n) is 10.7. The lowest BCUT2D eigenvalue weighted by Crippen LogP contribution is -2.38. The van der Waals surface area contributed by atoms with Gasteiger partial charge in [0.2, 0.25) is 5.91 Å². The van der Waals surface area contributed by atoms with E-state index in [0.29, 0.717) is 25.3 Å². The van der Waals surface area contributed by atoms with Crippen molar-refractivity contribution in [3.8, 4) is 5.75 Å². The number of aryl methyl sites for hydroxylation is 1. The number of para-hydroxylation sites is 1. The fourth-order valence-electron chi connectivity index (χ4n) is 3.83. The maximum absolute atomic E-state index is 12.7. The van der Waals surface area contributed by atoms with Gasteiger partial charge in [-0.2, -0.15) is 0 Å². The highest BCUT2D eigenvalue weighted by atomic mass is 16.5. The second-order valence-corrected chi connectivity index (χ2v) is 7.91. The largest absolute Gasteiger partial charge is 0.506 e. The number of pyridine rings is 1. The molecule has 11 nitrogen and oxygen atoms in total. The maximum Gasteiger partial charge on any atom is 0.339 e. The van der Waals surface area contributed by atoms with Crippen molar-refractivity contribution in [3.05, 3.63) is 64.0 Å². The molecule has 176 valence electrons. The molecule has 2 amide bonds. The number of aromatic hydroxyl groups is 1. The monoisotopic (exact) mass is 465 g/mol. The molecule has 0 aliphatic carbocycles. The summed E-state index contributed by atoms with van der Waals surface area (Å²) in [6.07, 6.45) is 2.20. The Morgan fingerprint density at radius 3 is 2.82 bits per heavy atom. The number of methoxy groups -OCH3 is 1. The number of benzene rings is 1. The number of nitrogens with one attached hydrogen (secondary N) is 2. The van der Waals surface area contributed by atoms with Crippen LogP contribution in [-0.4, -0.2) is 69.0 Å². The van der Waals surface area contributed by atoms with E-state index in [1.54, 1.807) is 17.0 Å². The standard InChI is InChI=1S/C23H23N5O6/c1-34-23(33)13-5-6-16(24-11-13)22(32)25-14-9-10-28(12-14)19(30)8-7-18-26-20-15(21(31)27-18)3-2-4-17(20)29/h2-6,11,14,29H,7-10,12H2,1H3,(H,25,32)(H,26,27,31). The van der Waals surface area contributed by atoms with E-state index in [-0.39, 0.29) is 58.3 Å². The topological polar surface area (TPSA) is 155 Å². The average molecular weight is 465 g/mol. The number of carbonyl (C=O) groups is 3. The molecule has 0 bridgehead atoms. The zero-order chi connectivity index (χ0) is 24.2. The first-order valence-corrected chi connectivity index (χ1v) is 10.7. The summed E-state index contributed by atoms with van der Waals surface area (Å²) in [6, 6.07) is 7.25. The van der Waals surface area contributed by atoms with Gasteiger partial charge in [-0.25, -0.2) is 9.78 Å². The van der Waals surface area contributed by atoms with Gasteiger partial charge in [-0.1, -0.05) is 6.07 Å². The molecule has 1 aliphatic heterocycles. The number of amides is 2. The number of aromatic nitrogens is 3. The first kappa shape index (κ1) is 22.9. The number of aromatic amines is 1. The number of hydrogen-bond donors (Lipinski definition) is 3. The summed E-state index contributed by atoms with van der Waals surface area (Å²) < 4.78 is 4.61. The van der Waals surface area contributed by atoms with Gasteiger partial charge in [0.25, 0.3) is 11.5 Å². The zero-order valence-corrected chi connectivity index (χ0v) is 18.4. The average Bonchev–Trinajstić information content (AvgIpc) is 3.31. The predicted octanol–water partition coefficient (Wildman–Crippen LogP) is 0.774. The Morgan fingerprint density at radius 1 is 1.26 bits per heavy atom. The third-order valence-corrected chi connectivity index (χ3v) is 5.63. The zero-order valence-electron chi connectivity index (χ0n) is 18.4. The van der Waals surface area contributed by atoms with Crippen molar-refractivity contribution < 1.29 is 24.2 Å². The van der Waals surface area contributed by atoms with Gasteiger partial charge in [-0.05, 0) is 30.7 Å². The Morgan fingerprint density at radius 2 is 2.09 bits per heavy atom. The Bertz CT molecular complexity index is 1300. The lowest BCUT2D eigenvalue weighted by molar-refractivity contribution is -0.130. The molecule has 0 saturated carbocycles. The van der Waals surface area contributed by atoms with Crippen LogP contribution in [0.5, 0.6) is 5.75 Å². The number of phenols is 1. The summed E-state index contributed by atoms with van der Waals surface area (Å²) in [4.78, 5) is 61.4. The number of carbonyl (C=O) groups excluding carboxylic acids is 3. The van der Waals surface area contributed by atoms with Crippen LogP contribution in [0.1, 0.15) is 39.5 Å². The van der Waals surface area contributed by atoms with Crippen LogP contribution < -0.4 is 10.9 Å². The normalized spacial score (nSPS) is 15.3. The summed E-state index contributed by atoms with van der Waals surface area (Å²) in [5, 5.41) is 13.1. The van der Waals surface area contributed by atoms with E-state index in [1.165, 1.54) is 31.5 Å². The molecule has 11 heteroatoms. The number of H-pyrrole nitrogens is 1. The van der Waals surface area contributed by atoms with Crippen LogP contribution in [0.2, 0.25) is 0 Å². The van der Waals surface area contributed by atoms with Crippen molar-refractivity contribution in [2.45, 2.75) is 25.3 Å². The Balaban J connectivity index is 1.31. The molecule has 1 atom stereocenters. The maximum atomic E-state index is 12.7. The van der Waals surface area contributed by atoms with Gasteiger partial charge in [-0.15, -0.1) is 0 Å². The van der Waals surface area contributed by atoms with Gasteiger partial charge in [0.05, 0.1) is 18.1 Å². The number of nitrogens with zero attached hydrogens (tertiary/aromatic N) is 3. The molecule has 1 unspecified atom stereocenters. The number of rotatable bonds is 6. The fourth-order valence-corrected chi connectivity index (χ4v) is 3.83. The van der Waals surface area contributed by atoms with E-state index in [9.17, 15) is 24.3 Å². The van der Waals surface area contributed by atoms with Crippen molar-refractivity contribution in [2.75, 3.05) is 20.2 Å². The van der Waals surface area contributed by atoms with E-state index in [0.717, 1.165) is 0 Å². The van der Waals surface area contributed by atoms with Gasteiger partial charge in [0.15, 0.2) is 0 Å². The van der Waals surface area contributed by atoms with E-state index >= 15 is 0 Å². The highest BCUT2D eigenvalue weighted by Crippen LogP contribution is 2.19. The van der Waals surface area contributed by atoms with E-state index in [4.69, 9.17) is 0 Å². The molecule has 3 aromatic rings. The highest BCUT2D eigenvalue weighted by Gasteiger charge is 2.27. The van der Waals surface area contributed by atoms with Crippen LogP contribution in [0.4, 0.5) is 0 Å². The van der Waals surface area contributed by atoms with Crippen molar-refractivity contribution in [1.82, 2.24) is 25.2 Å². The minimum atomic E-state index is -0.538. The minimum absolute atomic E-state index is 0.0938. The lowest BCUT2D eigenvalue weighted by atomic mass is 10.2. The van der Waals surface area contributed by atoms with Crippen LogP contribution in [0.3, 0.4) is 0 Å². The van der Waals surface area contributed by atoms with E-state index in [1.807, 2.05) is 0 Å². The van der Waals surface area contributed by atoms with Gasteiger partial charge in [0.1, 0.15) is 22.8 Å². The first-order chi connectivity index (χ1) is 16.4. The fraction of sp³-hybridized carbons (Fsp3) is 0.304. The van der Waals surface area contributed by atoms with Crippen molar-refractivity contribution in [1.29, 1.82) is 0 Å². The molecule has 3 N–H and O–H groups in total. The lowest BCUT2D eigenvalue weighted by Gasteiger charge is -2.17. The smallest absolute Gasteiger partial charge is 0.339 e. The molecule has 34 heavy (non-hydrogen) atoms. The minimum Gasteiger partial charge on any atom is -0.506 e. The summed E-state index contributed by atoms with van der Waals surface area (Å²) in [6.45, 7) is 0.841. The van der Waals surface area contributed by atoms with Crippen LogP contribution in [0, 0.1) is 0 Å². The number of hydrogen-bond acceptors (Lipinski definition) is 8. The van der Waals surface area contributed by atoms with Crippen LogP contribution in [0.25, 0.3) is 10.9 Å². The van der Waals surface area contributed by atoms with Crippen molar-refractivity contribution >= 4 is 28.7 Å². The Labute approximate surface area is 193 Å². The molecule has 3 heterocycles. The quantitative estimate of drug-likeness (QED) is 0.451. The van der Waals surface area contributed by atoms with E-state index < -0.39 is 11.9 Å². The van der Waals surface area contributed by atoms with Crippen LogP contribution in [-0.2, 0) is 16.0 Å². The number of ether oxygens (including phenoxy) is 1. The molecule has 1 saturated heterocycles. The summed E-state index contributed by atoms with van der Waals surface area (Å²) >= 11 is 0. The molecule has 2 aromatic heterocycles. The molecule has 1 aliphatic rings. The van der Waals surface area contributed by atoms with Crippen LogP contribution in [0.15, 0.2) is 41.3 Å². The number of likely N-dealkylation sites (tertiary alicyclic amines) is 1. The van der Waals surface area contributed by atoms with Gasteiger partial charge in [-0.3, -0.25) is 19.4 Å². The molecule has 4 rings (SSSR count). The third kappa shape index (κ3) is 4.87. The van der Waals surface area contributed by atoms with Gasteiger partial charge in [0, 0.05) is 38.2 Å². The summed E-state index contributed by atoms with van der Waals surface area (Å²) in [5.41, 5.74) is 0.229. The second kappa shape index (κ2) is 9.69. The van der Waals surface area contributed by atoms with Crippen molar-refractivity contribution in [2.24, 2.45) is 0 Å². The van der Waals surface area contributed by atoms with Crippen molar-refractivity contribution in [3.63, 3.8) is 0 Å². The number of esters is 1. The Kier molecular flexibility index (Phi) is 6.53. The van der Waals surface area contributed by atoms with Gasteiger partial charge >= 0.3 is 5.97 Å². The molecule has 1 aromatic carbocycles. The predicted molar refractivity (Wildman–Crippen MR) is 120 cm³/mol. The Hall–Kier alpha value is -4.28. The third-order valence-electron chi connectivity index (χ3n) is 5.63. The van der Waals surface area contributed by atoms with Crippen LogP contribution >= 0.6 is 0 Å². The highest BCUT2D eigenvalue weighted by molar-refractivity contribution is 5.94. The summed E-state index contributed by atoms with van der Waals surface area (Å²) in [5.74, 6) is -0.837. The number of phenolic OH excluding ortho intramolecular Hbond substituents is 1. The molecule has 0 spiro atoms. The second-order valence-electron chi connectivity index (χ2n) is 7.91. The summed E-state index contributed by atoms with van der Waals surface area (Å²) in [7, 11) is 1.26. The van der Waals surface area contributed by atoms with E-state index in [2.05, 4.69) is 25.0 Å². The SMILES string of the molecule is COC(=O)c1ccc(C(=O)NC2CCN(C(=O)CCc3nc4c(O)cccc4c(=O)[nH]3)C2)nc1. The van der Waals surface area contributed by atoms with Gasteiger partial charge < -0.3 is 25.0 Å². The molecular weight excluding hydrogens is 442 g/mol.